The van der Waals surface area contributed by atoms with E-state index < -0.39 is 34.6 Å². The van der Waals surface area contributed by atoms with Gasteiger partial charge in [-0.1, -0.05) is 0 Å². The highest BCUT2D eigenvalue weighted by Gasteiger charge is 2.19. The molecule has 0 saturated heterocycles. The van der Waals surface area contributed by atoms with Crippen LogP contribution >= 0.6 is 0 Å². The highest BCUT2D eigenvalue weighted by Crippen LogP contribution is 2.22. The molecule has 2 rings (SSSR count). The summed E-state index contributed by atoms with van der Waals surface area (Å²) in [5.41, 5.74) is 4.20. The van der Waals surface area contributed by atoms with Crippen LogP contribution < -0.4 is 5.73 Å². The average Bonchev–Trinajstić information content (AvgIpc) is 2.33. The van der Waals surface area contributed by atoms with Gasteiger partial charge in [0, 0.05) is 23.4 Å². The molecule has 98 valence electrons. The van der Waals surface area contributed by atoms with Crippen LogP contribution in [-0.4, -0.2) is 5.78 Å². The quantitative estimate of drug-likeness (QED) is 0.517. The zero-order chi connectivity index (χ0) is 14.2. The smallest absolute Gasteiger partial charge is 0.198 e. The maximum atomic E-state index is 13.4. The van der Waals surface area contributed by atoms with Crippen molar-refractivity contribution in [3.05, 3.63) is 64.7 Å². The molecule has 2 aromatic carbocycles. The SMILES string of the molecule is Nc1cc(F)c(F)cc1C(=O)c1ccc(F)cc1F. The maximum Gasteiger partial charge on any atom is 0.198 e. The molecule has 0 saturated carbocycles. The molecule has 0 amide bonds. The third kappa shape index (κ3) is 2.42. The second-order valence-electron chi connectivity index (χ2n) is 3.81. The molecule has 0 aliphatic carbocycles. The Labute approximate surface area is 105 Å². The number of nitrogens with two attached hydrogens (primary N) is 1. The van der Waals surface area contributed by atoms with Crippen LogP contribution in [0.1, 0.15) is 15.9 Å². The van der Waals surface area contributed by atoms with Crippen molar-refractivity contribution >= 4 is 11.5 Å². The Morgan fingerprint density at radius 3 is 2.11 bits per heavy atom. The van der Waals surface area contributed by atoms with E-state index in [1.54, 1.807) is 0 Å². The summed E-state index contributed by atoms with van der Waals surface area (Å²) in [6, 6.07) is 3.52. The number of halogens is 4. The molecule has 19 heavy (non-hydrogen) atoms. The minimum absolute atomic E-state index is 0.326. The van der Waals surface area contributed by atoms with Gasteiger partial charge in [0.2, 0.25) is 0 Å². The predicted octanol–water partition coefficient (Wildman–Crippen LogP) is 3.06. The van der Waals surface area contributed by atoms with Gasteiger partial charge in [0.25, 0.3) is 0 Å². The molecule has 0 spiro atoms. The van der Waals surface area contributed by atoms with Crippen LogP contribution in [0, 0.1) is 23.3 Å². The average molecular weight is 269 g/mol. The van der Waals surface area contributed by atoms with Crippen molar-refractivity contribution in [3.8, 4) is 0 Å². The molecule has 0 aromatic heterocycles. The molecular formula is C13H7F4NO. The largest absolute Gasteiger partial charge is 0.398 e. The Morgan fingerprint density at radius 1 is 0.842 bits per heavy atom. The molecule has 0 bridgehead atoms. The summed E-state index contributed by atoms with van der Waals surface area (Å²) in [7, 11) is 0. The van der Waals surface area contributed by atoms with E-state index in [4.69, 9.17) is 5.73 Å². The van der Waals surface area contributed by atoms with Crippen LogP contribution in [0.15, 0.2) is 30.3 Å². The Balaban J connectivity index is 2.53. The third-order valence-corrected chi connectivity index (χ3v) is 2.51. The molecule has 0 aliphatic rings. The van der Waals surface area contributed by atoms with E-state index in [0.29, 0.717) is 18.2 Å². The Kier molecular flexibility index (Phi) is 3.25. The first-order valence-electron chi connectivity index (χ1n) is 5.14. The zero-order valence-corrected chi connectivity index (χ0v) is 9.38. The highest BCUT2D eigenvalue weighted by molar-refractivity contribution is 6.12. The fourth-order valence-electron chi connectivity index (χ4n) is 1.58. The predicted molar refractivity (Wildman–Crippen MR) is 60.6 cm³/mol. The number of rotatable bonds is 2. The highest BCUT2D eigenvalue weighted by atomic mass is 19.2. The zero-order valence-electron chi connectivity index (χ0n) is 9.38. The minimum Gasteiger partial charge on any atom is -0.398 e. The molecule has 0 fully saturated rings. The molecule has 6 heteroatoms. The lowest BCUT2D eigenvalue weighted by atomic mass is 10.0. The van der Waals surface area contributed by atoms with Gasteiger partial charge in [-0.15, -0.1) is 0 Å². The molecule has 2 N–H and O–H groups in total. The summed E-state index contributed by atoms with van der Waals surface area (Å²) >= 11 is 0. The van der Waals surface area contributed by atoms with Gasteiger partial charge in [-0.3, -0.25) is 4.79 Å². The van der Waals surface area contributed by atoms with Gasteiger partial charge >= 0.3 is 0 Å². The topological polar surface area (TPSA) is 43.1 Å². The van der Waals surface area contributed by atoms with E-state index >= 15 is 0 Å². The van der Waals surface area contributed by atoms with Crippen molar-refractivity contribution in [1.82, 2.24) is 0 Å². The van der Waals surface area contributed by atoms with Crippen LogP contribution in [0.5, 0.6) is 0 Å². The molecule has 0 heterocycles. The molecule has 0 aliphatic heterocycles. The number of hydrogen-bond donors (Lipinski definition) is 1. The monoisotopic (exact) mass is 269 g/mol. The first-order chi connectivity index (χ1) is 8.90. The number of carbonyl (C=O) groups is 1. The van der Waals surface area contributed by atoms with Crippen LogP contribution in [0.25, 0.3) is 0 Å². The normalized spacial score (nSPS) is 10.5. The van der Waals surface area contributed by atoms with Gasteiger partial charge in [0.15, 0.2) is 17.4 Å². The van der Waals surface area contributed by atoms with Crippen LogP contribution in [0.2, 0.25) is 0 Å². The number of hydrogen-bond acceptors (Lipinski definition) is 2. The van der Waals surface area contributed by atoms with E-state index in [-0.39, 0.29) is 11.3 Å². The fourth-order valence-corrected chi connectivity index (χ4v) is 1.58. The third-order valence-electron chi connectivity index (χ3n) is 2.51. The number of carbonyl (C=O) groups excluding carboxylic acids is 1. The molecule has 0 unspecified atom stereocenters. The van der Waals surface area contributed by atoms with Crippen LogP contribution in [-0.2, 0) is 0 Å². The summed E-state index contributed by atoms with van der Waals surface area (Å²) in [5, 5.41) is 0. The van der Waals surface area contributed by atoms with Crippen molar-refractivity contribution < 1.29 is 22.4 Å². The van der Waals surface area contributed by atoms with Crippen LogP contribution in [0.4, 0.5) is 23.2 Å². The van der Waals surface area contributed by atoms with Crippen molar-refractivity contribution in [1.29, 1.82) is 0 Å². The van der Waals surface area contributed by atoms with Gasteiger partial charge < -0.3 is 5.73 Å². The second kappa shape index (κ2) is 4.72. The number of nitrogen functional groups attached to an aromatic ring is 1. The second-order valence-corrected chi connectivity index (χ2v) is 3.81. The van der Waals surface area contributed by atoms with Gasteiger partial charge in [-0.05, 0) is 18.2 Å². The lowest BCUT2D eigenvalue weighted by Crippen LogP contribution is -2.09. The number of ketones is 1. The maximum absolute atomic E-state index is 13.4. The summed E-state index contributed by atoms with van der Waals surface area (Å²) in [6.07, 6.45) is 0. The summed E-state index contributed by atoms with van der Waals surface area (Å²) in [4.78, 5) is 11.9. The van der Waals surface area contributed by atoms with Crippen LogP contribution in [0.3, 0.4) is 0 Å². The Bertz CT molecular complexity index is 670. The van der Waals surface area contributed by atoms with Gasteiger partial charge in [0.1, 0.15) is 11.6 Å². The van der Waals surface area contributed by atoms with Crippen molar-refractivity contribution in [2.24, 2.45) is 0 Å². The molecule has 2 aromatic rings. The van der Waals surface area contributed by atoms with Crippen molar-refractivity contribution in [3.63, 3.8) is 0 Å². The van der Waals surface area contributed by atoms with E-state index in [1.807, 2.05) is 0 Å². The molecular weight excluding hydrogens is 262 g/mol. The molecule has 0 radical (unpaired) electrons. The van der Waals surface area contributed by atoms with E-state index in [2.05, 4.69) is 0 Å². The first kappa shape index (κ1) is 13.1. The standard InChI is InChI=1S/C13H7F4NO/c14-6-1-2-7(9(15)3-6)13(19)8-4-10(16)11(17)5-12(8)18/h1-5H,18H2. The summed E-state index contributed by atoms with van der Waals surface area (Å²) < 4.78 is 52.1. The van der Waals surface area contributed by atoms with E-state index in [0.717, 1.165) is 12.1 Å². The fraction of sp³-hybridized carbons (Fsp3) is 0. The first-order valence-corrected chi connectivity index (χ1v) is 5.14. The summed E-state index contributed by atoms with van der Waals surface area (Å²) in [5.74, 6) is -5.40. The van der Waals surface area contributed by atoms with Gasteiger partial charge in [0.05, 0.1) is 5.56 Å². The van der Waals surface area contributed by atoms with Crippen molar-refractivity contribution in [2.45, 2.75) is 0 Å². The van der Waals surface area contributed by atoms with Crippen molar-refractivity contribution in [2.75, 3.05) is 5.73 Å². The molecule has 0 atom stereocenters. The number of benzene rings is 2. The van der Waals surface area contributed by atoms with Gasteiger partial charge in [-0.25, -0.2) is 17.6 Å². The Hall–Kier alpha value is -2.37. The lowest BCUT2D eigenvalue weighted by Gasteiger charge is -2.07. The lowest BCUT2D eigenvalue weighted by molar-refractivity contribution is 0.103. The molecule has 2 nitrogen and oxygen atoms in total. The number of anilines is 1. The Morgan fingerprint density at radius 2 is 1.47 bits per heavy atom. The van der Waals surface area contributed by atoms with E-state index in [1.165, 1.54) is 0 Å². The van der Waals surface area contributed by atoms with E-state index in [9.17, 15) is 22.4 Å². The van der Waals surface area contributed by atoms with Gasteiger partial charge in [-0.2, -0.15) is 0 Å². The minimum atomic E-state index is -1.28. The summed E-state index contributed by atoms with van der Waals surface area (Å²) in [6.45, 7) is 0.